The van der Waals surface area contributed by atoms with E-state index in [2.05, 4.69) is 15.2 Å². The number of benzene rings is 1. The predicted octanol–water partition coefficient (Wildman–Crippen LogP) is 4.03. The third kappa shape index (κ3) is 3.24. The summed E-state index contributed by atoms with van der Waals surface area (Å²) < 4.78 is 10.9. The number of carbonyl (C=O) groups excluding carboxylic acids is 1. The van der Waals surface area contributed by atoms with Crippen LogP contribution in [-0.4, -0.2) is 39.3 Å². The number of aromatic nitrogens is 3. The lowest BCUT2D eigenvalue weighted by Crippen LogP contribution is -2.32. The highest BCUT2D eigenvalue weighted by Gasteiger charge is 2.38. The molecule has 3 heterocycles. The molecule has 2 aliphatic rings. The van der Waals surface area contributed by atoms with Gasteiger partial charge in [-0.3, -0.25) is 4.98 Å². The number of fused-ring (bicyclic) bond motifs is 1. The standard InChI is InChI=1S/C21H20N4O3/c26-21(25-11-15-4-1-5-16(15)12-25)28-19-6-2-3-14(8-19)17-7-18(10-22-9-17)20-24-23-13-27-20/h2-3,6-10,13,15-16H,1,4-5,11-12H2. The molecule has 1 aromatic carbocycles. The predicted molar refractivity (Wildman–Crippen MR) is 101 cm³/mol. The maximum atomic E-state index is 12.6. The summed E-state index contributed by atoms with van der Waals surface area (Å²) in [7, 11) is 0. The summed E-state index contributed by atoms with van der Waals surface area (Å²) in [5.74, 6) is 2.24. The Hall–Kier alpha value is -3.22. The summed E-state index contributed by atoms with van der Waals surface area (Å²) in [5, 5.41) is 7.61. The summed E-state index contributed by atoms with van der Waals surface area (Å²) in [5.41, 5.74) is 2.52. The van der Waals surface area contributed by atoms with E-state index >= 15 is 0 Å². The van der Waals surface area contributed by atoms with Crippen molar-refractivity contribution in [2.24, 2.45) is 11.8 Å². The van der Waals surface area contributed by atoms with Crippen molar-refractivity contribution >= 4 is 6.09 Å². The summed E-state index contributed by atoms with van der Waals surface area (Å²) >= 11 is 0. The van der Waals surface area contributed by atoms with Gasteiger partial charge in [0.1, 0.15) is 5.75 Å². The van der Waals surface area contributed by atoms with E-state index < -0.39 is 0 Å². The number of amides is 1. The number of rotatable bonds is 3. The second-order valence-electron chi connectivity index (χ2n) is 7.46. The second kappa shape index (κ2) is 7.07. The van der Waals surface area contributed by atoms with Gasteiger partial charge in [0.15, 0.2) is 0 Å². The van der Waals surface area contributed by atoms with Gasteiger partial charge in [0.25, 0.3) is 0 Å². The van der Waals surface area contributed by atoms with Crippen molar-refractivity contribution in [2.45, 2.75) is 19.3 Å². The molecule has 1 saturated carbocycles. The first-order chi connectivity index (χ1) is 13.8. The fraction of sp³-hybridized carbons (Fsp3) is 0.333. The number of pyridine rings is 1. The fourth-order valence-corrected chi connectivity index (χ4v) is 4.30. The lowest BCUT2D eigenvalue weighted by molar-refractivity contribution is 0.159. The van der Waals surface area contributed by atoms with Gasteiger partial charge in [-0.15, -0.1) is 10.2 Å². The molecule has 0 spiro atoms. The largest absolute Gasteiger partial charge is 0.423 e. The third-order valence-electron chi connectivity index (χ3n) is 5.70. The molecule has 2 atom stereocenters. The first-order valence-corrected chi connectivity index (χ1v) is 9.55. The highest BCUT2D eigenvalue weighted by atomic mass is 16.6. The van der Waals surface area contributed by atoms with Gasteiger partial charge in [0.2, 0.25) is 12.3 Å². The smallest absolute Gasteiger partial charge is 0.415 e. The molecule has 1 aliphatic carbocycles. The zero-order chi connectivity index (χ0) is 18.9. The van der Waals surface area contributed by atoms with Crippen LogP contribution in [0.3, 0.4) is 0 Å². The normalized spacial score (nSPS) is 20.9. The molecule has 7 heteroatoms. The molecular formula is C21H20N4O3. The Morgan fingerprint density at radius 1 is 1.07 bits per heavy atom. The van der Waals surface area contributed by atoms with Gasteiger partial charge in [0.05, 0.1) is 5.56 Å². The Balaban J connectivity index is 1.33. The minimum Gasteiger partial charge on any atom is -0.423 e. The van der Waals surface area contributed by atoms with Crippen LogP contribution in [0.25, 0.3) is 22.6 Å². The van der Waals surface area contributed by atoms with Crippen LogP contribution in [-0.2, 0) is 0 Å². The Bertz CT molecular complexity index is 977. The van der Waals surface area contributed by atoms with E-state index in [0.29, 0.717) is 23.5 Å². The van der Waals surface area contributed by atoms with Crippen molar-refractivity contribution in [3.63, 3.8) is 0 Å². The SMILES string of the molecule is O=C(Oc1cccc(-c2cncc(-c3nnco3)c2)c1)N1CC2CCCC2C1. The average Bonchev–Trinajstić information content (AvgIpc) is 3.45. The highest BCUT2D eigenvalue weighted by Crippen LogP contribution is 2.38. The van der Waals surface area contributed by atoms with E-state index in [9.17, 15) is 4.79 Å². The van der Waals surface area contributed by atoms with Gasteiger partial charge >= 0.3 is 6.09 Å². The Kier molecular flexibility index (Phi) is 4.27. The Morgan fingerprint density at radius 3 is 2.68 bits per heavy atom. The molecule has 7 nitrogen and oxygen atoms in total. The number of hydrogen-bond acceptors (Lipinski definition) is 6. The first kappa shape index (κ1) is 16.9. The van der Waals surface area contributed by atoms with Crippen LogP contribution in [0.1, 0.15) is 19.3 Å². The third-order valence-corrected chi connectivity index (χ3v) is 5.70. The molecule has 1 amide bonds. The van der Waals surface area contributed by atoms with Gasteiger partial charge in [-0.25, -0.2) is 4.79 Å². The van der Waals surface area contributed by atoms with Gasteiger partial charge in [-0.2, -0.15) is 0 Å². The van der Waals surface area contributed by atoms with Crippen molar-refractivity contribution in [3.8, 4) is 28.3 Å². The van der Waals surface area contributed by atoms with E-state index in [0.717, 1.165) is 29.8 Å². The van der Waals surface area contributed by atoms with Crippen LogP contribution in [0.5, 0.6) is 5.75 Å². The molecule has 0 bridgehead atoms. The maximum Gasteiger partial charge on any atom is 0.415 e. The zero-order valence-corrected chi connectivity index (χ0v) is 15.3. The number of likely N-dealkylation sites (tertiary alicyclic amines) is 1. The van der Waals surface area contributed by atoms with Crippen LogP contribution >= 0.6 is 0 Å². The molecule has 28 heavy (non-hydrogen) atoms. The summed E-state index contributed by atoms with van der Waals surface area (Å²) in [6.07, 6.45) is 8.20. The summed E-state index contributed by atoms with van der Waals surface area (Å²) in [6, 6.07) is 9.39. The number of carbonyl (C=O) groups is 1. The minimum absolute atomic E-state index is 0.260. The number of nitrogens with zero attached hydrogens (tertiary/aromatic N) is 4. The average molecular weight is 376 g/mol. The van der Waals surface area contributed by atoms with E-state index in [-0.39, 0.29) is 6.09 Å². The van der Waals surface area contributed by atoms with Crippen molar-refractivity contribution in [2.75, 3.05) is 13.1 Å². The lowest BCUT2D eigenvalue weighted by atomic mass is 10.0. The van der Waals surface area contributed by atoms with Crippen molar-refractivity contribution in [1.29, 1.82) is 0 Å². The number of hydrogen-bond donors (Lipinski definition) is 0. The lowest BCUT2D eigenvalue weighted by Gasteiger charge is -2.17. The molecule has 142 valence electrons. The Morgan fingerprint density at radius 2 is 1.89 bits per heavy atom. The van der Waals surface area contributed by atoms with E-state index in [4.69, 9.17) is 9.15 Å². The van der Waals surface area contributed by atoms with Gasteiger partial charge in [-0.05, 0) is 48.4 Å². The Labute approximate surface area is 162 Å². The molecule has 5 rings (SSSR count). The van der Waals surface area contributed by atoms with Gasteiger partial charge in [0, 0.05) is 31.0 Å². The molecule has 3 aromatic rings. The second-order valence-corrected chi connectivity index (χ2v) is 7.46. The molecule has 0 N–H and O–H groups in total. The minimum atomic E-state index is -0.260. The van der Waals surface area contributed by atoms with E-state index in [1.54, 1.807) is 18.5 Å². The molecule has 2 fully saturated rings. The van der Waals surface area contributed by atoms with Crippen LogP contribution in [0.15, 0.2) is 53.5 Å². The topological polar surface area (TPSA) is 81.3 Å². The number of ether oxygens (including phenoxy) is 1. The molecule has 0 radical (unpaired) electrons. The van der Waals surface area contributed by atoms with Crippen LogP contribution in [0, 0.1) is 11.8 Å². The highest BCUT2D eigenvalue weighted by molar-refractivity contribution is 5.73. The molecule has 2 unspecified atom stereocenters. The van der Waals surface area contributed by atoms with Crippen LogP contribution in [0.4, 0.5) is 4.79 Å². The quantitative estimate of drug-likeness (QED) is 0.686. The monoisotopic (exact) mass is 376 g/mol. The van der Waals surface area contributed by atoms with Crippen molar-refractivity contribution in [1.82, 2.24) is 20.1 Å². The molecular weight excluding hydrogens is 356 g/mol. The first-order valence-electron chi connectivity index (χ1n) is 9.55. The van der Waals surface area contributed by atoms with Crippen LogP contribution < -0.4 is 4.74 Å². The van der Waals surface area contributed by atoms with Crippen molar-refractivity contribution in [3.05, 3.63) is 49.1 Å². The molecule has 2 aromatic heterocycles. The molecule has 1 saturated heterocycles. The van der Waals surface area contributed by atoms with Gasteiger partial charge < -0.3 is 14.1 Å². The summed E-state index contributed by atoms with van der Waals surface area (Å²) in [4.78, 5) is 18.7. The van der Waals surface area contributed by atoms with Gasteiger partial charge in [-0.1, -0.05) is 18.6 Å². The van der Waals surface area contributed by atoms with E-state index in [1.165, 1.54) is 25.7 Å². The molecule has 1 aliphatic heterocycles. The van der Waals surface area contributed by atoms with E-state index in [1.807, 2.05) is 29.2 Å². The summed E-state index contributed by atoms with van der Waals surface area (Å²) in [6.45, 7) is 1.64. The maximum absolute atomic E-state index is 12.6. The zero-order valence-electron chi connectivity index (χ0n) is 15.3. The van der Waals surface area contributed by atoms with Crippen LogP contribution in [0.2, 0.25) is 0 Å². The van der Waals surface area contributed by atoms with Crippen molar-refractivity contribution < 1.29 is 13.9 Å². The fourth-order valence-electron chi connectivity index (χ4n) is 4.30.